The number of hydrogen-bond acceptors (Lipinski definition) is 1. The Bertz CT molecular complexity index is 287. The predicted octanol–water partition coefficient (Wildman–Crippen LogP) is 2.66. The second-order valence-corrected chi connectivity index (χ2v) is 3.11. The topological polar surface area (TPSA) is 26.0 Å². The van der Waals surface area contributed by atoms with Gasteiger partial charge in [-0.2, -0.15) is 0 Å². The van der Waals surface area contributed by atoms with Crippen LogP contribution in [0.15, 0.2) is 24.8 Å². The molecule has 0 bridgehead atoms. The lowest BCUT2D eigenvalue weighted by Gasteiger charge is -2.07. The zero-order valence-corrected chi connectivity index (χ0v) is 7.67. The van der Waals surface area contributed by atoms with E-state index in [4.69, 9.17) is 5.73 Å². The van der Waals surface area contributed by atoms with E-state index in [-0.39, 0.29) is 6.04 Å². The fraction of sp³-hybridized carbons (Fsp3) is 0.273. The SMILES string of the molecule is C=Cc1ccc(C(C)N)cc1C. The number of rotatable bonds is 2. The Morgan fingerprint density at radius 2 is 2.17 bits per heavy atom. The first-order chi connectivity index (χ1) is 5.65. The summed E-state index contributed by atoms with van der Waals surface area (Å²) in [4.78, 5) is 0. The maximum Gasteiger partial charge on any atom is 0.0266 e. The molecule has 0 aromatic heterocycles. The molecular weight excluding hydrogens is 146 g/mol. The summed E-state index contributed by atoms with van der Waals surface area (Å²) < 4.78 is 0. The van der Waals surface area contributed by atoms with Gasteiger partial charge in [-0.25, -0.2) is 0 Å². The minimum atomic E-state index is 0.113. The quantitative estimate of drug-likeness (QED) is 0.709. The van der Waals surface area contributed by atoms with Crippen molar-refractivity contribution in [3.63, 3.8) is 0 Å². The molecule has 1 rings (SSSR count). The summed E-state index contributed by atoms with van der Waals surface area (Å²) in [6, 6.07) is 6.33. The summed E-state index contributed by atoms with van der Waals surface area (Å²) in [5, 5.41) is 0. The Kier molecular flexibility index (Phi) is 2.66. The van der Waals surface area contributed by atoms with Crippen LogP contribution in [0.2, 0.25) is 0 Å². The lowest BCUT2D eigenvalue weighted by atomic mass is 10.0. The van der Waals surface area contributed by atoms with Gasteiger partial charge in [0.2, 0.25) is 0 Å². The Morgan fingerprint density at radius 1 is 1.50 bits per heavy atom. The minimum Gasteiger partial charge on any atom is -0.324 e. The molecule has 1 aromatic rings. The van der Waals surface area contributed by atoms with E-state index < -0.39 is 0 Å². The molecule has 0 aliphatic carbocycles. The molecule has 12 heavy (non-hydrogen) atoms. The summed E-state index contributed by atoms with van der Waals surface area (Å²) in [6.45, 7) is 7.80. The van der Waals surface area contributed by atoms with Crippen LogP contribution in [0.3, 0.4) is 0 Å². The van der Waals surface area contributed by atoms with Gasteiger partial charge in [-0.05, 0) is 30.5 Å². The van der Waals surface area contributed by atoms with Crippen molar-refractivity contribution in [2.24, 2.45) is 5.73 Å². The third kappa shape index (κ3) is 1.74. The molecule has 1 heteroatoms. The van der Waals surface area contributed by atoms with E-state index in [1.165, 1.54) is 16.7 Å². The Morgan fingerprint density at radius 3 is 2.58 bits per heavy atom. The zero-order chi connectivity index (χ0) is 9.14. The van der Waals surface area contributed by atoms with Crippen LogP contribution in [-0.2, 0) is 0 Å². The number of benzene rings is 1. The normalized spacial score (nSPS) is 12.6. The van der Waals surface area contributed by atoms with Crippen molar-refractivity contribution in [3.8, 4) is 0 Å². The molecule has 0 spiro atoms. The molecule has 1 aromatic carbocycles. The molecule has 2 N–H and O–H groups in total. The van der Waals surface area contributed by atoms with Gasteiger partial charge in [-0.3, -0.25) is 0 Å². The minimum absolute atomic E-state index is 0.113. The molecule has 0 fully saturated rings. The first kappa shape index (κ1) is 9.01. The number of aryl methyl sites for hydroxylation is 1. The fourth-order valence-corrected chi connectivity index (χ4v) is 1.21. The third-order valence-electron chi connectivity index (χ3n) is 2.04. The van der Waals surface area contributed by atoms with Crippen LogP contribution in [0, 0.1) is 6.92 Å². The highest BCUT2D eigenvalue weighted by Gasteiger charge is 2.00. The number of nitrogens with two attached hydrogens (primary N) is 1. The standard InChI is InChI=1S/C11H15N/c1-4-10-5-6-11(9(3)12)7-8(10)2/h4-7,9H,1,12H2,2-3H3. The van der Waals surface area contributed by atoms with Gasteiger partial charge in [0, 0.05) is 6.04 Å². The molecule has 1 unspecified atom stereocenters. The lowest BCUT2D eigenvalue weighted by Crippen LogP contribution is -2.05. The maximum absolute atomic E-state index is 5.75. The molecule has 1 nitrogen and oxygen atoms in total. The second kappa shape index (κ2) is 3.55. The predicted molar refractivity (Wildman–Crippen MR) is 53.9 cm³/mol. The smallest absolute Gasteiger partial charge is 0.0266 e. The van der Waals surface area contributed by atoms with Gasteiger partial charge in [0.25, 0.3) is 0 Å². The molecular formula is C11H15N. The summed E-state index contributed by atoms with van der Waals surface area (Å²) in [7, 11) is 0. The largest absolute Gasteiger partial charge is 0.324 e. The van der Waals surface area contributed by atoms with Gasteiger partial charge in [0.15, 0.2) is 0 Å². The van der Waals surface area contributed by atoms with Crippen molar-refractivity contribution in [2.45, 2.75) is 19.9 Å². The molecule has 1 atom stereocenters. The van der Waals surface area contributed by atoms with E-state index in [1.54, 1.807) is 0 Å². The van der Waals surface area contributed by atoms with Crippen molar-refractivity contribution in [1.82, 2.24) is 0 Å². The molecule has 0 heterocycles. The van der Waals surface area contributed by atoms with Crippen LogP contribution in [0.5, 0.6) is 0 Å². The fourth-order valence-electron chi connectivity index (χ4n) is 1.21. The van der Waals surface area contributed by atoms with Crippen molar-refractivity contribution in [1.29, 1.82) is 0 Å². The molecule has 0 saturated heterocycles. The highest BCUT2D eigenvalue weighted by atomic mass is 14.6. The summed E-state index contributed by atoms with van der Waals surface area (Å²) in [5.41, 5.74) is 9.34. The van der Waals surface area contributed by atoms with E-state index in [0.29, 0.717) is 0 Å². The van der Waals surface area contributed by atoms with E-state index >= 15 is 0 Å². The summed E-state index contributed by atoms with van der Waals surface area (Å²) >= 11 is 0. The highest BCUT2D eigenvalue weighted by Crippen LogP contribution is 2.16. The maximum atomic E-state index is 5.75. The Balaban J connectivity index is 3.10. The van der Waals surface area contributed by atoms with Crippen LogP contribution < -0.4 is 5.73 Å². The summed E-state index contributed by atoms with van der Waals surface area (Å²) in [5.74, 6) is 0. The van der Waals surface area contributed by atoms with E-state index in [0.717, 1.165) is 0 Å². The average molecular weight is 161 g/mol. The lowest BCUT2D eigenvalue weighted by molar-refractivity contribution is 0.817. The summed E-state index contributed by atoms with van der Waals surface area (Å²) in [6.07, 6.45) is 1.86. The van der Waals surface area contributed by atoms with Crippen LogP contribution in [0.25, 0.3) is 6.08 Å². The van der Waals surface area contributed by atoms with E-state index in [9.17, 15) is 0 Å². The average Bonchev–Trinajstić information content (AvgIpc) is 2.04. The van der Waals surface area contributed by atoms with Crippen molar-refractivity contribution >= 4 is 6.08 Å². The molecule has 0 amide bonds. The van der Waals surface area contributed by atoms with Crippen molar-refractivity contribution in [3.05, 3.63) is 41.5 Å². The first-order valence-corrected chi connectivity index (χ1v) is 4.13. The first-order valence-electron chi connectivity index (χ1n) is 4.13. The second-order valence-electron chi connectivity index (χ2n) is 3.11. The molecule has 0 radical (unpaired) electrons. The molecule has 64 valence electrons. The van der Waals surface area contributed by atoms with Gasteiger partial charge < -0.3 is 5.73 Å². The number of hydrogen-bond donors (Lipinski definition) is 1. The van der Waals surface area contributed by atoms with E-state index in [1.807, 2.05) is 13.0 Å². The highest BCUT2D eigenvalue weighted by molar-refractivity contribution is 5.52. The monoisotopic (exact) mass is 161 g/mol. The van der Waals surface area contributed by atoms with Gasteiger partial charge in [-0.15, -0.1) is 0 Å². The van der Waals surface area contributed by atoms with Gasteiger partial charge in [-0.1, -0.05) is 30.9 Å². The van der Waals surface area contributed by atoms with Crippen LogP contribution >= 0.6 is 0 Å². The Hall–Kier alpha value is -1.08. The van der Waals surface area contributed by atoms with Crippen LogP contribution in [0.1, 0.15) is 29.7 Å². The molecule has 0 aliphatic heterocycles. The third-order valence-corrected chi connectivity index (χ3v) is 2.04. The van der Waals surface area contributed by atoms with Gasteiger partial charge in [0.1, 0.15) is 0 Å². The Labute approximate surface area is 73.9 Å². The van der Waals surface area contributed by atoms with Crippen LogP contribution in [0.4, 0.5) is 0 Å². The van der Waals surface area contributed by atoms with Gasteiger partial charge >= 0.3 is 0 Å². The van der Waals surface area contributed by atoms with Gasteiger partial charge in [0.05, 0.1) is 0 Å². The molecule has 0 saturated carbocycles. The van der Waals surface area contributed by atoms with Crippen molar-refractivity contribution < 1.29 is 0 Å². The van der Waals surface area contributed by atoms with Crippen LogP contribution in [-0.4, -0.2) is 0 Å². The van der Waals surface area contributed by atoms with E-state index in [2.05, 4.69) is 31.7 Å². The zero-order valence-electron chi connectivity index (χ0n) is 7.67. The van der Waals surface area contributed by atoms with Crippen molar-refractivity contribution in [2.75, 3.05) is 0 Å². The molecule has 0 aliphatic rings.